The van der Waals surface area contributed by atoms with Crippen molar-refractivity contribution in [3.8, 4) is 11.3 Å². The Hall–Kier alpha value is -3.86. The maximum atomic E-state index is 13.2. The van der Waals surface area contributed by atoms with Crippen molar-refractivity contribution >= 4 is 38.2 Å². The quantitative estimate of drug-likeness (QED) is 0.252. The number of carbonyl (C=O) groups is 1. The molecule has 10 heteroatoms. The zero-order valence-electron chi connectivity index (χ0n) is 23.4. The van der Waals surface area contributed by atoms with Crippen molar-refractivity contribution in [3.05, 3.63) is 77.9 Å². The first kappa shape index (κ1) is 29.1. The number of fused-ring (bicyclic) bond motifs is 1. The van der Waals surface area contributed by atoms with Gasteiger partial charge in [0.25, 0.3) is 5.91 Å². The molecule has 9 nitrogen and oxygen atoms in total. The van der Waals surface area contributed by atoms with Crippen molar-refractivity contribution in [2.45, 2.75) is 45.1 Å². The van der Waals surface area contributed by atoms with Gasteiger partial charge in [0.2, 0.25) is 10.0 Å². The number of sulfonamides is 1. The van der Waals surface area contributed by atoms with Crippen LogP contribution in [-0.2, 0) is 10.0 Å². The number of aliphatic hydroxyl groups excluding tert-OH is 1. The summed E-state index contributed by atoms with van der Waals surface area (Å²) in [6, 6.07) is 20.0. The van der Waals surface area contributed by atoms with E-state index in [4.69, 9.17) is 0 Å². The third kappa shape index (κ3) is 6.14. The number of nitrogens with zero attached hydrogens (tertiary/aromatic N) is 3. The van der Waals surface area contributed by atoms with Gasteiger partial charge in [-0.2, -0.15) is 0 Å². The summed E-state index contributed by atoms with van der Waals surface area (Å²) in [5.41, 5.74) is 2.06. The average Bonchev–Trinajstić information content (AvgIpc) is 2.94. The van der Waals surface area contributed by atoms with Crippen LogP contribution in [0.15, 0.2) is 71.6 Å². The number of aryl methyl sites for hydroxylation is 1. The van der Waals surface area contributed by atoms with Gasteiger partial charge in [0.05, 0.1) is 17.0 Å². The van der Waals surface area contributed by atoms with Gasteiger partial charge in [-0.1, -0.05) is 36.4 Å². The summed E-state index contributed by atoms with van der Waals surface area (Å²) in [5.74, 6) is 0.522. The summed E-state index contributed by atoms with van der Waals surface area (Å²) >= 11 is 0. The maximum Gasteiger partial charge on any atom is 0.253 e. The van der Waals surface area contributed by atoms with Gasteiger partial charge in [-0.05, 0) is 70.5 Å². The summed E-state index contributed by atoms with van der Waals surface area (Å²) in [6.07, 6.45) is 0. The van der Waals surface area contributed by atoms with Crippen LogP contribution in [0.3, 0.4) is 0 Å². The summed E-state index contributed by atoms with van der Waals surface area (Å²) in [6.45, 7) is 9.82. The molecule has 210 valence electrons. The highest BCUT2D eigenvalue weighted by Gasteiger charge is 2.27. The second-order valence-electron chi connectivity index (χ2n) is 10.3. The highest BCUT2D eigenvalue weighted by atomic mass is 32.2. The van der Waals surface area contributed by atoms with E-state index in [0.29, 0.717) is 41.3 Å². The van der Waals surface area contributed by atoms with Crippen LogP contribution in [0.25, 0.3) is 22.0 Å². The Kier molecular flexibility index (Phi) is 8.53. The van der Waals surface area contributed by atoms with Crippen LogP contribution in [0.1, 0.15) is 43.6 Å². The molecule has 0 aliphatic carbocycles. The number of carbonyl (C=O) groups excluding carboxylic acids is 1. The summed E-state index contributed by atoms with van der Waals surface area (Å²) < 4.78 is 28.9. The molecule has 1 heterocycles. The molecule has 0 saturated carbocycles. The van der Waals surface area contributed by atoms with Crippen LogP contribution in [-0.4, -0.2) is 59.8 Å². The SMILES string of the molecule is CCN(CC)C(=O)c1ccc(Nc2nnc(-c3ccc(C)c(S(=O)(=O)NC(C)(C)CO)c3)c3ccccc23)cc1. The normalized spacial score (nSPS) is 11.9. The van der Waals surface area contributed by atoms with Crippen molar-refractivity contribution in [2.75, 3.05) is 25.0 Å². The molecule has 40 heavy (non-hydrogen) atoms. The maximum absolute atomic E-state index is 13.2. The van der Waals surface area contributed by atoms with Gasteiger partial charge >= 0.3 is 0 Å². The Morgan fingerprint density at radius 2 is 1.60 bits per heavy atom. The van der Waals surface area contributed by atoms with Crippen LogP contribution in [0, 0.1) is 6.92 Å². The van der Waals surface area contributed by atoms with Gasteiger partial charge in [-0.3, -0.25) is 4.79 Å². The Morgan fingerprint density at radius 1 is 0.950 bits per heavy atom. The number of aliphatic hydroxyl groups is 1. The molecule has 0 saturated heterocycles. The minimum atomic E-state index is -3.91. The van der Waals surface area contributed by atoms with Gasteiger partial charge in [-0.15, -0.1) is 10.2 Å². The van der Waals surface area contributed by atoms with Gasteiger partial charge in [0.1, 0.15) is 5.69 Å². The van der Waals surface area contributed by atoms with E-state index >= 15 is 0 Å². The van der Waals surface area contributed by atoms with Gasteiger partial charge in [-0.25, -0.2) is 13.1 Å². The average molecular weight is 562 g/mol. The third-order valence-electron chi connectivity index (χ3n) is 6.69. The molecule has 0 radical (unpaired) electrons. The largest absolute Gasteiger partial charge is 0.394 e. The van der Waals surface area contributed by atoms with E-state index in [9.17, 15) is 18.3 Å². The molecular weight excluding hydrogens is 526 g/mol. The Balaban J connectivity index is 1.69. The molecule has 0 bridgehead atoms. The molecule has 0 aliphatic heterocycles. The lowest BCUT2D eigenvalue weighted by molar-refractivity contribution is 0.0773. The molecule has 0 aliphatic rings. The van der Waals surface area contributed by atoms with Crippen LogP contribution in [0.5, 0.6) is 0 Å². The first-order valence-corrected chi connectivity index (χ1v) is 14.7. The molecule has 4 rings (SSSR count). The molecule has 0 atom stereocenters. The fraction of sp³-hybridized carbons (Fsp3) is 0.300. The minimum Gasteiger partial charge on any atom is -0.394 e. The topological polar surface area (TPSA) is 125 Å². The first-order chi connectivity index (χ1) is 19.0. The molecule has 0 fully saturated rings. The second-order valence-corrected chi connectivity index (χ2v) is 11.9. The first-order valence-electron chi connectivity index (χ1n) is 13.2. The smallest absolute Gasteiger partial charge is 0.253 e. The number of hydrogen-bond acceptors (Lipinski definition) is 7. The molecule has 4 aromatic rings. The molecule has 0 spiro atoms. The standard InChI is InChI=1S/C30H35N5O4S/c1-6-35(7-2)29(37)21-14-16-23(17-15-21)31-28-25-11-9-8-10-24(25)27(32-33-28)22-13-12-20(3)26(18-22)40(38,39)34-30(4,5)19-36/h8-18,34,36H,6-7,19H2,1-5H3,(H,31,33). The van der Waals surface area contributed by atoms with Crippen LogP contribution < -0.4 is 10.0 Å². The molecule has 1 aromatic heterocycles. The van der Waals surface area contributed by atoms with E-state index in [0.717, 1.165) is 16.5 Å². The van der Waals surface area contributed by atoms with Crippen molar-refractivity contribution in [1.29, 1.82) is 0 Å². The predicted molar refractivity (Wildman–Crippen MR) is 158 cm³/mol. The van der Waals surface area contributed by atoms with E-state index in [1.165, 1.54) is 0 Å². The van der Waals surface area contributed by atoms with E-state index in [-0.39, 0.29) is 17.4 Å². The van der Waals surface area contributed by atoms with E-state index < -0.39 is 15.6 Å². The summed E-state index contributed by atoms with van der Waals surface area (Å²) in [7, 11) is -3.91. The highest BCUT2D eigenvalue weighted by molar-refractivity contribution is 7.89. The zero-order chi connectivity index (χ0) is 29.1. The Labute approximate surface area is 235 Å². The van der Waals surface area contributed by atoms with E-state index in [1.807, 2.05) is 56.3 Å². The van der Waals surface area contributed by atoms with Crippen molar-refractivity contribution in [2.24, 2.45) is 0 Å². The number of benzene rings is 3. The lowest BCUT2D eigenvalue weighted by Crippen LogP contribution is -2.46. The molecule has 1 amide bonds. The van der Waals surface area contributed by atoms with Crippen LogP contribution in [0.2, 0.25) is 0 Å². The minimum absolute atomic E-state index is 0.0132. The van der Waals surface area contributed by atoms with Crippen molar-refractivity contribution in [1.82, 2.24) is 19.8 Å². The lowest BCUT2D eigenvalue weighted by atomic mass is 10.0. The monoisotopic (exact) mass is 561 g/mol. The fourth-order valence-corrected chi connectivity index (χ4v) is 6.10. The van der Waals surface area contributed by atoms with Crippen molar-refractivity contribution < 1.29 is 18.3 Å². The number of nitrogens with one attached hydrogen (secondary N) is 2. The number of hydrogen-bond donors (Lipinski definition) is 3. The predicted octanol–water partition coefficient (Wildman–Crippen LogP) is 4.88. The number of amides is 1. The van der Waals surface area contributed by atoms with Gasteiger partial charge < -0.3 is 15.3 Å². The fourth-order valence-electron chi connectivity index (χ4n) is 4.42. The van der Waals surface area contributed by atoms with E-state index in [2.05, 4.69) is 20.2 Å². The summed E-state index contributed by atoms with van der Waals surface area (Å²) in [5, 5.41) is 23.4. The van der Waals surface area contributed by atoms with Crippen LogP contribution >= 0.6 is 0 Å². The molecule has 3 aromatic carbocycles. The van der Waals surface area contributed by atoms with Gasteiger partial charge in [0, 0.05) is 40.7 Å². The Morgan fingerprint density at radius 3 is 2.23 bits per heavy atom. The van der Waals surface area contributed by atoms with Gasteiger partial charge in [0.15, 0.2) is 5.82 Å². The molecule has 0 unspecified atom stereocenters. The number of rotatable bonds is 10. The number of anilines is 2. The molecular formula is C30H35N5O4S. The van der Waals surface area contributed by atoms with Crippen molar-refractivity contribution in [3.63, 3.8) is 0 Å². The zero-order valence-corrected chi connectivity index (χ0v) is 24.2. The Bertz CT molecular complexity index is 1630. The highest BCUT2D eigenvalue weighted by Crippen LogP contribution is 2.33. The number of aromatic nitrogens is 2. The van der Waals surface area contributed by atoms with Crippen LogP contribution in [0.4, 0.5) is 11.5 Å². The lowest BCUT2D eigenvalue weighted by Gasteiger charge is -2.24. The summed E-state index contributed by atoms with van der Waals surface area (Å²) in [4.78, 5) is 14.5. The second kappa shape index (κ2) is 11.7. The molecule has 3 N–H and O–H groups in total. The third-order valence-corrected chi connectivity index (χ3v) is 8.53. The van der Waals surface area contributed by atoms with E-state index in [1.54, 1.807) is 49.9 Å².